The molecule has 11 aromatic carbocycles. The molecule has 0 saturated carbocycles. The minimum absolute atomic E-state index is 0.903. The normalized spacial score (nSPS) is 11.6. The number of furan rings is 1. The van der Waals surface area contributed by atoms with E-state index in [1.807, 2.05) is 12.1 Å². The second kappa shape index (κ2) is 16.0. The molecule has 67 heavy (non-hydrogen) atoms. The average Bonchev–Trinajstić information content (AvgIpc) is 3.95. The van der Waals surface area contributed by atoms with Crippen LogP contribution in [0.3, 0.4) is 0 Å². The van der Waals surface area contributed by atoms with Crippen molar-refractivity contribution in [3.8, 4) is 50.2 Å². The molecule has 0 radical (unpaired) electrons. The Morgan fingerprint density at radius 3 is 1.37 bits per heavy atom. The summed E-state index contributed by atoms with van der Waals surface area (Å²) in [4.78, 5) is 2.34. The molecule has 0 bridgehead atoms. The zero-order chi connectivity index (χ0) is 44.3. The van der Waals surface area contributed by atoms with Crippen molar-refractivity contribution in [3.05, 3.63) is 255 Å². The van der Waals surface area contributed by atoms with Crippen molar-refractivity contribution in [2.75, 3.05) is 4.90 Å². The molecule has 2 heterocycles. The van der Waals surface area contributed by atoms with Gasteiger partial charge in [-0.2, -0.15) is 0 Å². The van der Waals surface area contributed by atoms with Gasteiger partial charge in [-0.25, -0.2) is 0 Å². The van der Waals surface area contributed by atoms with Crippen LogP contribution in [0.15, 0.2) is 259 Å². The third-order valence-electron chi connectivity index (χ3n) is 13.4. The Hall–Kier alpha value is -8.92. The molecule has 0 spiro atoms. The van der Waals surface area contributed by atoms with Crippen molar-refractivity contribution in [1.82, 2.24) is 4.57 Å². The lowest BCUT2D eigenvalue weighted by atomic mass is 9.97. The fourth-order valence-electron chi connectivity index (χ4n) is 10.2. The number of hydrogen-bond acceptors (Lipinski definition) is 2. The van der Waals surface area contributed by atoms with Crippen molar-refractivity contribution in [2.45, 2.75) is 0 Å². The third kappa shape index (κ3) is 6.59. The van der Waals surface area contributed by atoms with E-state index in [4.69, 9.17) is 4.42 Å². The molecule has 0 unspecified atom stereocenters. The van der Waals surface area contributed by atoms with Crippen LogP contribution in [0, 0.1) is 0 Å². The first-order valence-corrected chi connectivity index (χ1v) is 22.9. The van der Waals surface area contributed by atoms with Gasteiger partial charge in [0.25, 0.3) is 0 Å². The smallest absolute Gasteiger partial charge is 0.143 e. The van der Waals surface area contributed by atoms with Crippen LogP contribution in [0.5, 0.6) is 0 Å². The maximum Gasteiger partial charge on any atom is 0.143 e. The van der Waals surface area contributed by atoms with E-state index < -0.39 is 0 Å². The Morgan fingerprint density at radius 2 is 0.701 bits per heavy atom. The number of hydrogen-bond donors (Lipinski definition) is 0. The highest BCUT2D eigenvalue weighted by atomic mass is 16.3. The summed E-state index contributed by atoms with van der Waals surface area (Å²) in [6, 6.07) is 91.8. The van der Waals surface area contributed by atoms with Crippen molar-refractivity contribution in [3.63, 3.8) is 0 Å². The topological polar surface area (TPSA) is 21.3 Å². The van der Waals surface area contributed by atoms with Crippen LogP contribution in [-0.2, 0) is 0 Å². The van der Waals surface area contributed by atoms with Crippen LogP contribution in [0.2, 0.25) is 0 Å². The van der Waals surface area contributed by atoms with Gasteiger partial charge in [0.15, 0.2) is 0 Å². The fraction of sp³-hybridized carbons (Fsp3) is 0. The molecule has 13 aromatic rings. The molecule has 0 amide bonds. The quantitative estimate of drug-likeness (QED) is 0.152. The molecule has 314 valence electrons. The predicted molar refractivity (Wildman–Crippen MR) is 282 cm³/mol. The van der Waals surface area contributed by atoms with Crippen LogP contribution >= 0.6 is 0 Å². The SMILES string of the molecule is c1ccc(-n2c3ccccc3c3ccccc32)c(-c2ccc(-c3ccc(N(c4ccc(-c5cccc6ccccc56)cc4)c4ccc(-c5cccc6c5oc5ccccc56)cc4)cc3)cc2)c1. The molecule has 0 atom stereocenters. The minimum atomic E-state index is 0.903. The summed E-state index contributed by atoms with van der Waals surface area (Å²) >= 11 is 0. The number of benzene rings is 11. The number of rotatable bonds is 8. The molecule has 0 fully saturated rings. The van der Waals surface area contributed by atoms with Gasteiger partial charge in [-0.3, -0.25) is 0 Å². The first-order chi connectivity index (χ1) is 33.2. The highest BCUT2D eigenvalue weighted by Gasteiger charge is 2.18. The lowest BCUT2D eigenvalue weighted by Gasteiger charge is -2.26. The maximum absolute atomic E-state index is 6.44. The van der Waals surface area contributed by atoms with Gasteiger partial charge in [0.05, 0.1) is 16.7 Å². The second-order valence-corrected chi connectivity index (χ2v) is 17.2. The van der Waals surface area contributed by atoms with Gasteiger partial charge >= 0.3 is 0 Å². The molecule has 0 saturated heterocycles. The number of para-hydroxylation sites is 5. The second-order valence-electron chi connectivity index (χ2n) is 17.2. The molecule has 2 aromatic heterocycles. The van der Waals surface area contributed by atoms with Crippen LogP contribution in [0.1, 0.15) is 0 Å². The minimum Gasteiger partial charge on any atom is -0.455 e. The van der Waals surface area contributed by atoms with Gasteiger partial charge in [-0.1, -0.05) is 194 Å². The Labute approximate surface area is 388 Å². The van der Waals surface area contributed by atoms with Gasteiger partial charge < -0.3 is 13.9 Å². The van der Waals surface area contributed by atoms with Gasteiger partial charge in [0.1, 0.15) is 11.2 Å². The maximum atomic E-state index is 6.44. The number of anilines is 3. The summed E-state index contributed by atoms with van der Waals surface area (Å²) < 4.78 is 8.85. The standard InChI is InChI=1S/C64H42N2O/c1-2-15-52-45(13-1)14-11-20-53(52)46-33-39-50(40-34-46)65(51-41-35-48(36-42-51)55-21-12-22-59-58-19-6-10-26-63(58)67-64(55)59)49-37-31-44(32-38-49)43-27-29-47(30-28-43)54-16-3-7-23-60(54)66-61-24-8-4-17-56(61)57-18-5-9-25-62(57)66/h1-42H. The lowest BCUT2D eigenvalue weighted by molar-refractivity contribution is 0.670. The summed E-state index contributed by atoms with van der Waals surface area (Å²) in [5.74, 6) is 0. The molecule has 3 heteroatoms. The summed E-state index contributed by atoms with van der Waals surface area (Å²) in [6.45, 7) is 0. The van der Waals surface area contributed by atoms with Crippen LogP contribution < -0.4 is 4.90 Å². The molecular weight excluding hydrogens is 813 g/mol. The molecule has 0 aliphatic rings. The average molecular weight is 855 g/mol. The lowest BCUT2D eigenvalue weighted by Crippen LogP contribution is -2.09. The molecule has 0 N–H and O–H groups in total. The Balaban J connectivity index is 0.853. The molecule has 0 aliphatic carbocycles. The number of aromatic nitrogens is 1. The van der Waals surface area contributed by atoms with E-state index >= 15 is 0 Å². The highest BCUT2D eigenvalue weighted by molar-refractivity contribution is 6.11. The monoisotopic (exact) mass is 854 g/mol. The van der Waals surface area contributed by atoms with Crippen LogP contribution in [-0.4, -0.2) is 4.57 Å². The van der Waals surface area contributed by atoms with E-state index in [1.54, 1.807) is 0 Å². The van der Waals surface area contributed by atoms with Crippen molar-refractivity contribution < 1.29 is 4.42 Å². The van der Waals surface area contributed by atoms with Crippen molar-refractivity contribution in [1.29, 1.82) is 0 Å². The van der Waals surface area contributed by atoms with E-state index in [0.29, 0.717) is 0 Å². The van der Waals surface area contributed by atoms with Crippen LogP contribution in [0.4, 0.5) is 17.1 Å². The molecule has 13 rings (SSSR count). The van der Waals surface area contributed by atoms with Gasteiger partial charge in [0.2, 0.25) is 0 Å². The zero-order valence-corrected chi connectivity index (χ0v) is 36.6. The highest BCUT2D eigenvalue weighted by Crippen LogP contribution is 2.42. The summed E-state index contributed by atoms with van der Waals surface area (Å²) in [5, 5.41) is 7.27. The third-order valence-corrected chi connectivity index (χ3v) is 13.4. The summed E-state index contributed by atoms with van der Waals surface area (Å²) in [5.41, 5.74) is 17.9. The van der Waals surface area contributed by atoms with E-state index in [0.717, 1.165) is 55.7 Å². The predicted octanol–water partition coefficient (Wildman–Crippen LogP) is 18.0. The summed E-state index contributed by atoms with van der Waals surface area (Å²) in [6.07, 6.45) is 0. The Bertz CT molecular complexity index is 3890. The number of fused-ring (bicyclic) bond motifs is 7. The Kier molecular flexibility index (Phi) is 9.17. The van der Waals surface area contributed by atoms with Gasteiger partial charge in [-0.15, -0.1) is 0 Å². The van der Waals surface area contributed by atoms with E-state index in [-0.39, 0.29) is 0 Å². The van der Waals surface area contributed by atoms with Gasteiger partial charge in [0, 0.05) is 49.7 Å². The van der Waals surface area contributed by atoms with E-state index in [1.165, 1.54) is 66.1 Å². The van der Waals surface area contributed by atoms with E-state index in [9.17, 15) is 0 Å². The molecule has 3 nitrogen and oxygen atoms in total. The van der Waals surface area contributed by atoms with Crippen molar-refractivity contribution >= 4 is 71.6 Å². The molecule has 0 aliphatic heterocycles. The van der Waals surface area contributed by atoms with E-state index in [2.05, 4.69) is 252 Å². The zero-order valence-electron chi connectivity index (χ0n) is 36.6. The fourth-order valence-corrected chi connectivity index (χ4v) is 10.2. The molecular formula is C64H42N2O. The largest absolute Gasteiger partial charge is 0.455 e. The first kappa shape index (κ1) is 38.5. The Morgan fingerprint density at radius 1 is 0.284 bits per heavy atom. The first-order valence-electron chi connectivity index (χ1n) is 22.9. The van der Waals surface area contributed by atoms with Crippen molar-refractivity contribution in [2.24, 2.45) is 0 Å². The van der Waals surface area contributed by atoms with Gasteiger partial charge in [-0.05, 0) is 105 Å². The van der Waals surface area contributed by atoms with Crippen LogP contribution in [0.25, 0.3) is 105 Å². The summed E-state index contributed by atoms with van der Waals surface area (Å²) in [7, 11) is 0. The number of nitrogens with zero attached hydrogens (tertiary/aromatic N) is 2.